The molecule has 10 aliphatic rings. The Morgan fingerprint density at radius 1 is 0.584 bits per heavy atom. The van der Waals surface area contributed by atoms with E-state index in [-0.39, 0.29) is 44.8 Å². The molecule has 8 atom stereocenters. The molecule has 0 unspecified atom stereocenters. The van der Waals surface area contributed by atoms with E-state index in [1.54, 1.807) is 53.7 Å². The van der Waals surface area contributed by atoms with Gasteiger partial charge in [-0.15, -0.1) is 13.2 Å². The summed E-state index contributed by atoms with van der Waals surface area (Å²) in [5.74, 6) is -3.30. The molecular formula is C54H86N8O13S2. The summed E-state index contributed by atoms with van der Waals surface area (Å²) in [6.07, 6.45) is 13.9. The number of fused-ring (bicyclic) bond motifs is 2. The summed E-state index contributed by atoms with van der Waals surface area (Å²) in [4.78, 5) is 79.5. The number of amides is 5. The van der Waals surface area contributed by atoms with E-state index in [1.165, 1.54) is 24.8 Å². The second-order valence-electron chi connectivity index (χ2n) is 27.0. The molecule has 10 fully saturated rings. The van der Waals surface area contributed by atoms with E-state index in [9.17, 15) is 50.7 Å². The van der Waals surface area contributed by atoms with Crippen molar-refractivity contribution in [2.75, 3.05) is 39.3 Å². The van der Waals surface area contributed by atoms with Crippen molar-refractivity contribution < 1.29 is 60.2 Å². The number of nitrogens with one attached hydrogen (secondary N) is 3. The van der Waals surface area contributed by atoms with Crippen molar-refractivity contribution in [3.05, 3.63) is 25.3 Å². The number of carbonyl (C=O) groups excluding carboxylic acids is 5. The number of aliphatic carboxylic acids is 1. The van der Waals surface area contributed by atoms with E-state index < -0.39 is 96.6 Å². The second kappa shape index (κ2) is 19.2. The number of hydrogen-bond donors (Lipinski definition) is 5. The first-order chi connectivity index (χ1) is 35.4. The van der Waals surface area contributed by atoms with Crippen molar-refractivity contribution in [1.82, 2.24) is 33.2 Å². The van der Waals surface area contributed by atoms with Gasteiger partial charge in [0, 0.05) is 61.9 Å². The molecule has 5 amide bonds. The number of rotatable bonds is 11. The Labute approximate surface area is 455 Å². The fraction of sp³-hybridized carbons (Fsp3) is 0.815. The summed E-state index contributed by atoms with van der Waals surface area (Å²) in [7, 11) is -7.72. The number of nitrogens with two attached hydrogens (primary N) is 1. The van der Waals surface area contributed by atoms with Crippen LogP contribution in [0.2, 0.25) is 0 Å². The number of hydrogen-bond acceptors (Lipinski definition) is 13. The predicted octanol–water partition coefficient (Wildman–Crippen LogP) is 5.33. The first kappa shape index (κ1) is 58.8. The molecule has 77 heavy (non-hydrogen) atoms. The van der Waals surface area contributed by atoms with Crippen LogP contribution in [0.15, 0.2) is 25.3 Å². The highest BCUT2D eigenvalue weighted by Crippen LogP contribution is 2.89. The van der Waals surface area contributed by atoms with Gasteiger partial charge >= 0.3 is 38.6 Å². The Bertz CT molecular complexity index is 2680. The molecule has 23 heteroatoms. The van der Waals surface area contributed by atoms with Gasteiger partial charge in [-0.1, -0.05) is 52.7 Å². The van der Waals surface area contributed by atoms with Crippen LogP contribution in [0.5, 0.6) is 0 Å². The Morgan fingerprint density at radius 2 is 0.974 bits per heavy atom. The maximum atomic E-state index is 13.9. The highest BCUT2D eigenvalue weighted by molar-refractivity contribution is 7.88. The van der Waals surface area contributed by atoms with Gasteiger partial charge in [-0.2, -0.15) is 25.4 Å². The molecule has 4 saturated heterocycles. The number of likely N-dealkylation sites (tertiary alicyclic amines) is 2. The molecule has 0 bridgehead atoms. The predicted molar refractivity (Wildman–Crippen MR) is 285 cm³/mol. The van der Waals surface area contributed by atoms with E-state index in [0.29, 0.717) is 58.5 Å². The van der Waals surface area contributed by atoms with Crippen LogP contribution in [0.1, 0.15) is 159 Å². The maximum absolute atomic E-state index is 13.9. The lowest BCUT2D eigenvalue weighted by Crippen LogP contribution is -2.57. The molecule has 0 aromatic carbocycles. The van der Waals surface area contributed by atoms with Crippen molar-refractivity contribution >= 4 is 56.3 Å². The van der Waals surface area contributed by atoms with Crippen LogP contribution in [-0.2, 0) is 49.1 Å². The Morgan fingerprint density at radius 3 is 1.30 bits per heavy atom. The van der Waals surface area contributed by atoms with Gasteiger partial charge in [-0.05, 0) is 140 Å². The summed E-state index contributed by atoms with van der Waals surface area (Å²) in [6, 6.07) is -1.57. The number of ether oxygens (including phenoxy) is 2. The van der Waals surface area contributed by atoms with Crippen LogP contribution in [0.25, 0.3) is 0 Å². The van der Waals surface area contributed by atoms with E-state index >= 15 is 0 Å². The van der Waals surface area contributed by atoms with E-state index in [2.05, 4.69) is 55.6 Å². The summed E-state index contributed by atoms with van der Waals surface area (Å²) in [5, 5.41) is 12.4. The molecule has 4 heterocycles. The standard InChI is InChI=1S/C27H42N4O6S.C17H27NO4.C10H17N3O3S/c1-7-18-15-27(18,21(33)29-38(35,36)30-13-8-9-14-30)28-20(32)19-16-26(24(5,6)25(26)11-10-12-25)17-31(19)22(34)37-23(2,3)4;1-14(2,3)22-13(21)18-10-17(9-11(18)12(19)20)15(4,5)16(17)7-6-8-16;1-2-8-7-10(8,11)9(14)12-17(15,16)13-5-3-4-6-13/h7,18-19H,1,8-17H2,2-6H3,(H,28,32)(H,29,33);11H,6-10H2,1-5H3,(H,19,20);2,8H,1,3-7,11H2,(H,12,14)/t18-,19+,26-,27-;11-,17+;8-,10-/m101/s1. The van der Waals surface area contributed by atoms with Gasteiger partial charge in [-0.25, -0.2) is 23.8 Å². The van der Waals surface area contributed by atoms with Crippen molar-refractivity contribution in [3.8, 4) is 0 Å². The van der Waals surface area contributed by atoms with Crippen LogP contribution < -0.4 is 20.5 Å². The molecule has 6 aliphatic carbocycles. The minimum absolute atomic E-state index is 0.0182. The van der Waals surface area contributed by atoms with E-state index in [1.807, 2.05) is 0 Å². The lowest BCUT2D eigenvalue weighted by Gasteiger charge is -2.32. The third kappa shape index (κ3) is 9.57. The Hall–Kier alpha value is -4.32. The van der Waals surface area contributed by atoms with Crippen LogP contribution in [-0.4, -0.2) is 150 Å². The zero-order chi connectivity index (χ0) is 57.2. The van der Waals surface area contributed by atoms with Crippen molar-refractivity contribution in [3.63, 3.8) is 0 Å². The fourth-order valence-electron chi connectivity index (χ4n) is 15.3. The van der Waals surface area contributed by atoms with Crippen molar-refractivity contribution in [2.24, 2.45) is 50.1 Å². The van der Waals surface area contributed by atoms with Crippen molar-refractivity contribution in [1.29, 1.82) is 0 Å². The minimum atomic E-state index is -4.00. The molecule has 0 aromatic heterocycles. The van der Waals surface area contributed by atoms with Crippen LogP contribution in [0.4, 0.5) is 9.59 Å². The molecule has 0 aromatic rings. The summed E-state index contributed by atoms with van der Waals surface area (Å²) in [5.41, 5.74) is 2.17. The third-order valence-electron chi connectivity index (χ3n) is 20.5. The number of carboxylic acid groups (broad SMARTS) is 1. The number of carboxylic acids is 1. The van der Waals surface area contributed by atoms with Gasteiger partial charge in [0.15, 0.2) is 0 Å². The van der Waals surface area contributed by atoms with Crippen LogP contribution in [0, 0.1) is 44.3 Å². The Balaban J connectivity index is 0.000000169. The molecule has 21 nitrogen and oxygen atoms in total. The lowest BCUT2D eigenvalue weighted by atomic mass is 9.73. The molecule has 0 radical (unpaired) electrons. The SMILES string of the molecule is C=C[C@@H]1C[C@]1(N)C(=O)NS(=O)(=O)N1CCCC1.C=C[C@@H]1C[C@]1(NC(=O)[C@@H]1C[C@@]2(CN1C(=O)OC(C)(C)C)C(C)(C)C21CCC1)C(=O)NS(=O)(=O)N1CCCC1.CC(C)(C)OC(=O)N1C[C@]2(C[C@H]1C(=O)O)C(C)(C)C21CCC1. The molecule has 4 aliphatic heterocycles. The maximum Gasteiger partial charge on any atom is 0.411 e. The Kier molecular flexibility index (Phi) is 14.6. The summed E-state index contributed by atoms with van der Waals surface area (Å²) >= 11 is 0. The summed E-state index contributed by atoms with van der Waals surface area (Å²) < 4.78 is 67.1. The zero-order valence-electron chi connectivity index (χ0n) is 47.0. The van der Waals surface area contributed by atoms with Crippen LogP contribution in [0.3, 0.4) is 0 Å². The van der Waals surface area contributed by atoms with Gasteiger partial charge in [0.25, 0.3) is 11.8 Å². The number of nitrogens with zero attached hydrogens (tertiary/aromatic N) is 4. The fourth-order valence-corrected chi connectivity index (χ4v) is 17.9. The van der Waals surface area contributed by atoms with Gasteiger partial charge in [0.05, 0.1) is 0 Å². The molecule has 432 valence electrons. The first-order valence-corrected chi connectivity index (χ1v) is 30.5. The monoisotopic (exact) mass is 1120 g/mol. The third-order valence-corrected chi connectivity index (χ3v) is 23.5. The first-order valence-electron chi connectivity index (χ1n) is 27.7. The van der Waals surface area contributed by atoms with Gasteiger partial charge in [0.2, 0.25) is 5.91 Å². The molecule has 6 N–H and O–H groups in total. The highest BCUT2D eigenvalue weighted by Gasteiger charge is 2.86. The minimum Gasteiger partial charge on any atom is -0.480 e. The summed E-state index contributed by atoms with van der Waals surface area (Å²) in [6.45, 7) is 29.7. The number of carbonyl (C=O) groups is 6. The van der Waals surface area contributed by atoms with Crippen molar-refractivity contribution in [2.45, 2.75) is 193 Å². The topological polar surface area (TPSA) is 284 Å². The average molecular weight is 1120 g/mol. The lowest BCUT2D eigenvalue weighted by molar-refractivity contribution is -0.142. The zero-order valence-corrected chi connectivity index (χ0v) is 48.7. The highest BCUT2D eigenvalue weighted by atomic mass is 32.2. The average Bonchev–Trinajstić information content (AvgIpc) is 3.91. The molecule has 4 spiro atoms. The van der Waals surface area contributed by atoms with Gasteiger partial charge < -0.3 is 25.6 Å². The molecule has 6 saturated carbocycles. The quantitative estimate of drug-likeness (QED) is 0.164. The molecule has 10 rings (SSSR count). The molecular weight excluding hydrogens is 1030 g/mol. The smallest absolute Gasteiger partial charge is 0.411 e. The second-order valence-corrected chi connectivity index (χ2v) is 30.3. The largest absolute Gasteiger partial charge is 0.480 e. The normalized spacial score (nSPS) is 34.5. The van der Waals surface area contributed by atoms with Crippen LogP contribution >= 0.6 is 0 Å². The van der Waals surface area contributed by atoms with E-state index in [0.717, 1.165) is 57.8 Å². The van der Waals surface area contributed by atoms with Gasteiger partial charge in [-0.3, -0.25) is 24.2 Å². The van der Waals surface area contributed by atoms with Gasteiger partial charge in [0.1, 0.15) is 34.4 Å². The van der Waals surface area contributed by atoms with E-state index in [4.69, 9.17) is 15.2 Å².